The highest BCUT2D eigenvalue weighted by Crippen LogP contribution is 2.32. The topological polar surface area (TPSA) is 41.6 Å². The van der Waals surface area contributed by atoms with Crippen LogP contribution in [0.1, 0.15) is 38.7 Å². The molecule has 0 unspecified atom stereocenters. The van der Waals surface area contributed by atoms with Gasteiger partial charge in [-0.2, -0.15) is 0 Å². The van der Waals surface area contributed by atoms with Gasteiger partial charge in [-0.15, -0.1) is 0 Å². The number of hydrogen-bond acceptors (Lipinski definition) is 3. The zero-order chi connectivity index (χ0) is 16.3. The first-order valence-electron chi connectivity index (χ1n) is 7.69. The van der Waals surface area contributed by atoms with Crippen molar-refractivity contribution >= 4 is 5.91 Å². The van der Waals surface area contributed by atoms with E-state index in [-0.39, 0.29) is 11.7 Å². The third kappa shape index (κ3) is 3.58. The molecule has 0 aromatic heterocycles. The summed E-state index contributed by atoms with van der Waals surface area (Å²) in [6.07, 6.45) is 2.65. The Morgan fingerprint density at radius 2 is 2.23 bits per heavy atom. The van der Waals surface area contributed by atoms with Gasteiger partial charge in [-0.3, -0.25) is 4.79 Å². The van der Waals surface area contributed by atoms with E-state index in [0.29, 0.717) is 18.0 Å². The Labute approximate surface area is 131 Å². The number of ether oxygens (including phenoxy) is 1. The summed E-state index contributed by atoms with van der Waals surface area (Å²) >= 11 is 0. The standard InChI is InChI=1S/C17H25FN2O2/c1-17(2,13-8-5-9-14(18)16(13)22-4)19-15(21)11-12-7-6-10-20(12)3/h5,8-9,12H,6-7,10-11H2,1-4H3,(H,19,21)/t12-/m1/s1. The largest absolute Gasteiger partial charge is 0.493 e. The molecule has 1 saturated heterocycles. The number of methoxy groups -OCH3 is 1. The molecule has 1 aliphatic heterocycles. The van der Waals surface area contributed by atoms with Gasteiger partial charge in [-0.1, -0.05) is 12.1 Å². The molecule has 1 aliphatic rings. The summed E-state index contributed by atoms with van der Waals surface area (Å²) in [4.78, 5) is 14.6. The minimum atomic E-state index is -0.693. The molecule has 1 atom stereocenters. The number of hydrogen-bond donors (Lipinski definition) is 1. The second-order valence-electron chi connectivity index (χ2n) is 6.47. The second kappa shape index (κ2) is 6.65. The van der Waals surface area contributed by atoms with Crippen LogP contribution in [-0.4, -0.2) is 37.6 Å². The van der Waals surface area contributed by atoms with Crippen LogP contribution in [-0.2, 0) is 10.3 Å². The first-order valence-corrected chi connectivity index (χ1v) is 7.69. The minimum absolute atomic E-state index is 0.0185. The maximum absolute atomic E-state index is 13.9. The molecule has 0 radical (unpaired) electrons. The molecule has 1 heterocycles. The van der Waals surface area contributed by atoms with Crippen molar-refractivity contribution < 1.29 is 13.9 Å². The summed E-state index contributed by atoms with van der Waals surface area (Å²) < 4.78 is 19.0. The number of rotatable bonds is 5. The zero-order valence-electron chi connectivity index (χ0n) is 13.8. The van der Waals surface area contributed by atoms with Crippen molar-refractivity contribution in [1.82, 2.24) is 10.2 Å². The molecule has 0 saturated carbocycles. The van der Waals surface area contributed by atoms with Gasteiger partial charge in [0.25, 0.3) is 0 Å². The second-order valence-corrected chi connectivity index (χ2v) is 6.47. The molecule has 22 heavy (non-hydrogen) atoms. The SMILES string of the molecule is COc1c(F)cccc1C(C)(C)NC(=O)C[C@H]1CCCN1C. The molecule has 5 heteroatoms. The Hall–Kier alpha value is -1.62. The molecule has 1 aromatic carbocycles. The van der Waals surface area contributed by atoms with Crippen LogP contribution in [0.5, 0.6) is 5.75 Å². The van der Waals surface area contributed by atoms with Crippen molar-refractivity contribution in [3.8, 4) is 5.75 Å². The van der Waals surface area contributed by atoms with Crippen molar-refractivity contribution in [1.29, 1.82) is 0 Å². The molecule has 0 aliphatic carbocycles. The van der Waals surface area contributed by atoms with E-state index in [1.165, 1.54) is 13.2 Å². The molecule has 1 fully saturated rings. The number of amides is 1. The van der Waals surface area contributed by atoms with Crippen molar-refractivity contribution in [2.75, 3.05) is 20.7 Å². The number of para-hydroxylation sites is 1. The van der Waals surface area contributed by atoms with Gasteiger partial charge in [0.1, 0.15) is 0 Å². The highest BCUT2D eigenvalue weighted by molar-refractivity contribution is 5.77. The lowest BCUT2D eigenvalue weighted by atomic mass is 9.92. The summed E-state index contributed by atoms with van der Waals surface area (Å²) in [5, 5.41) is 3.01. The fourth-order valence-corrected chi connectivity index (χ4v) is 3.13. The lowest BCUT2D eigenvalue weighted by molar-refractivity contribution is -0.123. The lowest BCUT2D eigenvalue weighted by Gasteiger charge is -2.30. The predicted molar refractivity (Wildman–Crippen MR) is 84.4 cm³/mol. The van der Waals surface area contributed by atoms with Crippen LogP contribution in [0, 0.1) is 5.82 Å². The van der Waals surface area contributed by atoms with Crippen LogP contribution in [0.25, 0.3) is 0 Å². The quantitative estimate of drug-likeness (QED) is 0.909. The van der Waals surface area contributed by atoms with Gasteiger partial charge in [-0.05, 0) is 46.3 Å². The van der Waals surface area contributed by atoms with Gasteiger partial charge in [0.05, 0.1) is 12.6 Å². The van der Waals surface area contributed by atoms with Gasteiger partial charge >= 0.3 is 0 Å². The maximum Gasteiger partial charge on any atom is 0.222 e. The van der Waals surface area contributed by atoms with Gasteiger partial charge in [0, 0.05) is 18.0 Å². The first kappa shape index (κ1) is 16.7. The number of likely N-dealkylation sites (tertiary alicyclic amines) is 1. The van der Waals surface area contributed by atoms with Gasteiger partial charge in [-0.25, -0.2) is 4.39 Å². The average molecular weight is 308 g/mol. The lowest BCUT2D eigenvalue weighted by Crippen LogP contribution is -2.43. The van der Waals surface area contributed by atoms with Gasteiger partial charge in [0.15, 0.2) is 11.6 Å². The predicted octanol–water partition coefficient (Wildman–Crippen LogP) is 2.67. The highest BCUT2D eigenvalue weighted by atomic mass is 19.1. The third-order valence-corrected chi connectivity index (χ3v) is 4.39. The van der Waals surface area contributed by atoms with Crippen LogP contribution < -0.4 is 10.1 Å². The molecular formula is C17H25FN2O2. The maximum atomic E-state index is 13.9. The van der Waals surface area contributed by atoms with Crippen LogP contribution in [0.3, 0.4) is 0 Å². The average Bonchev–Trinajstić information content (AvgIpc) is 2.83. The Morgan fingerprint density at radius 3 is 2.82 bits per heavy atom. The number of benzene rings is 1. The van der Waals surface area contributed by atoms with E-state index in [0.717, 1.165) is 19.4 Å². The number of carbonyl (C=O) groups excluding carboxylic acids is 1. The van der Waals surface area contributed by atoms with Crippen molar-refractivity contribution in [2.45, 2.75) is 44.7 Å². The molecule has 1 N–H and O–H groups in total. The fourth-order valence-electron chi connectivity index (χ4n) is 3.13. The highest BCUT2D eigenvalue weighted by Gasteiger charge is 2.30. The Balaban J connectivity index is 2.10. The molecule has 1 aromatic rings. The monoisotopic (exact) mass is 308 g/mol. The van der Waals surface area contributed by atoms with E-state index in [2.05, 4.69) is 10.2 Å². The molecule has 0 bridgehead atoms. The number of halogens is 1. The summed E-state index contributed by atoms with van der Waals surface area (Å²) in [6.45, 7) is 4.76. The van der Waals surface area contributed by atoms with Crippen LogP contribution in [0.4, 0.5) is 4.39 Å². The van der Waals surface area contributed by atoms with E-state index in [1.807, 2.05) is 20.9 Å². The summed E-state index contributed by atoms with van der Waals surface area (Å²) in [6, 6.07) is 5.06. The molecule has 2 rings (SSSR count). The number of nitrogens with zero attached hydrogens (tertiary/aromatic N) is 1. The van der Waals surface area contributed by atoms with Crippen molar-refractivity contribution in [3.05, 3.63) is 29.6 Å². The molecular weight excluding hydrogens is 283 g/mol. The first-order chi connectivity index (χ1) is 10.3. The van der Waals surface area contributed by atoms with Gasteiger partial charge in [0.2, 0.25) is 5.91 Å². The summed E-state index contributed by atoms with van der Waals surface area (Å²) in [5.74, 6) is -0.251. The van der Waals surface area contributed by atoms with Crippen LogP contribution >= 0.6 is 0 Å². The van der Waals surface area contributed by atoms with Crippen LogP contribution in [0.2, 0.25) is 0 Å². The third-order valence-electron chi connectivity index (χ3n) is 4.39. The van der Waals surface area contributed by atoms with E-state index in [1.54, 1.807) is 12.1 Å². The molecule has 1 amide bonds. The Kier molecular flexibility index (Phi) is 5.06. The number of carbonyl (C=O) groups is 1. The van der Waals surface area contributed by atoms with Crippen molar-refractivity contribution in [2.24, 2.45) is 0 Å². The molecule has 4 nitrogen and oxygen atoms in total. The van der Waals surface area contributed by atoms with E-state index in [9.17, 15) is 9.18 Å². The number of nitrogens with one attached hydrogen (secondary N) is 1. The van der Waals surface area contributed by atoms with Crippen LogP contribution in [0.15, 0.2) is 18.2 Å². The van der Waals surface area contributed by atoms with E-state index >= 15 is 0 Å². The molecule has 0 spiro atoms. The smallest absolute Gasteiger partial charge is 0.222 e. The van der Waals surface area contributed by atoms with Crippen molar-refractivity contribution in [3.63, 3.8) is 0 Å². The van der Waals surface area contributed by atoms with Gasteiger partial charge < -0.3 is 15.0 Å². The fraction of sp³-hybridized carbons (Fsp3) is 0.588. The van der Waals surface area contributed by atoms with E-state index in [4.69, 9.17) is 4.74 Å². The van der Waals surface area contributed by atoms with E-state index < -0.39 is 11.4 Å². The Bertz CT molecular complexity index is 545. The summed E-state index contributed by atoms with van der Waals surface area (Å²) in [5.41, 5.74) is -0.0510. The molecule has 122 valence electrons. The minimum Gasteiger partial charge on any atom is -0.493 e. The zero-order valence-corrected chi connectivity index (χ0v) is 13.8. The summed E-state index contributed by atoms with van der Waals surface area (Å²) in [7, 11) is 3.49. The Morgan fingerprint density at radius 1 is 1.50 bits per heavy atom. The normalized spacial score (nSPS) is 19.2.